The fourth-order valence-electron chi connectivity index (χ4n) is 0.563. The van der Waals surface area contributed by atoms with Gasteiger partial charge in [0.15, 0.2) is 0 Å². The largest absolute Gasteiger partial charge is 0.584 e. The zero-order chi connectivity index (χ0) is 17.6. The van der Waals surface area contributed by atoms with E-state index in [1.165, 1.54) is 12.1 Å². The second kappa shape index (κ2) is 17.5. The summed E-state index contributed by atoms with van der Waals surface area (Å²) in [6.45, 7) is 10.3. The normalized spacial score (nSPS) is 9.77. The number of hydrogen-bond donors (Lipinski definition) is 3. The Kier molecular flexibility index (Phi) is 23.9. The molecule has 3 N–H and O–H groups in total. The first-order chi connectivity index (χ1) is 9.30. The van der Waals surface area contributed by atoms with Crippen molar-refractivity contribution in [3.8, 4) is 0 Å². The van der Waals surface area contributed by atoms with Gasteiger partial charge in [-0.2, -0.15) is 12.1 Å². The third-order valence-electron chi connectivity index (χ3n) is 0.990. The van der Waals surface area contributed by atoms with E-state index < -0.39 is 14.3 Å². The van der Waals surface area contributed by atoms with E-state index in [-0.39, 0.29) is 44.5 Å². The average molecular weight is 421 g/mol. The summed E-state index contributed by atoms with van der Waals surface area (Å²) in [5, 5.41) is 23.7. The van der Waals surface area contributed by atoms with Crippen molar-refractivity contribution in [3.63, 3.8) is 0 Å². The molecule has 1 aromatic rings. The molecule has 0 bridgehead atoms. The van der Waals surface area contributed by atoms with E-state index in [1.54, 1.807) is 41.5 Å². The number of hydrogen-bond acceptors (Lipinski definition) is 3. The molecule has 0 saturated heterocycles. The molecule has 0 heterocycles. The Morgan fingerprint density at radius 3 is 1.00 bits per heavy atom. The molecule has 0 aliphatic heterocycles. The van der Waals surface area contributed by atoms with Gasteiger partial charge in [-0.3, -0.25) is 0 Å². The van der Waals surface area contributed by atoms with Crippen molar-refractivity contribution in [1.82, 2.24) is 0 Å². The predicted molar refractivity (Wildman–Crippen MR) is 82.8 cm³/mol. The molecule has 0 unspecified atom stereocenters. The van der Waals surface area contributed by atoms with E-state index in [9.17, 15) is 12.3 Å². The maximum absolute atomic E-state index is 11.8. The molecule has 8 heteroatoms. The van der Waals surface area contributed by atoms with Crippen molar-refractivity contribution in [3.05, 3.63) is 24.3 Å². The van der Waals surface area contributed by atoms with Gasteiger partial charge in [-0.05, 0) is 41.5 Å². The van der Waals surface area contributed by atoms with Crippen molar-refractivity contribution < 1.29 is 53.8 Å². The van der Waals surface area contributed by atoms with Crippen LogP contribution in [0.3, 0.4) is 0 Å². The van der Waals surface area contributed by atoms with Gasteiger partial charge < -0.3 is 15.3 Å². The third-order valence-corrected chi connectivity index (χ3v) is 1.98. The summed E-state index contributed by atoms with van der Waals surface area (Å²) >= 11 is 0. The van der Waals surface area contributed by atoms with Crippen LogP contribution in [0, 0.1) is 0 Å². The molecule has 0 fully saturated rings. The Bertz CT molecular complexity index is 280. The Morgan fingerprint density at radius 1 is 0.727 bits per heavy atom. The summed E-state index contributed by atoms with van der Waals surface area (Å²) in [6.07, 6.45) is -0.500. The van der Waals surface area contributed by atoms with Crippen LogP contribution in [0.5, 0.6) is 0 Å². The molecule has 0 aliphatic carbocycles. The number of aliphatic hydroxyl groups is 3. The van der Waals surface area contributed by atoms with Gasteiger partial charge in [0.2, 0.25) is 0 Å². The summed E-state index contributed by atoms with van der Waals surface area (Å²) in [7, 11) is -5.48. The molecular weight excluding hydrogens is 392 g/mol. The predicted octanol–water partition coefficient (Wildman–Crippen LogP) is 2.62. The van der Waals surface area contributed by atoms with Crippen LogP contribution in [-0.4, -0.2) is 42.7 Å². The molecule has 0 atom stereocenters. The molecule has 132 valence electrons. The van der Waals surface area contributed by atoms with Crippen LogP contribution in [0.4, 0.5) is 12.3 Å². The summed E-state index contributed by atoms with van der Waals surface area (Å²) in [4.78, 5) is 0. The van der Waals surface area contributed by atoms with Crippen LogP contribution in [-0.2, 0) is 26.2 Å². The minimum atomic E-state index is -5.48. The molecule has 1 rings (SSSR count). The van der Waals surface area contributed by atoms with Gasteiger partial charge in [0.1, 0.15) is 0 Å². The Balaban J connectivity index is -0.000000107. The molecule has 0 aliphatic rings. The minimum absolute atomic E-state index is 0. The van der Waals surface area contributed by atoms with Crippen molar-refractivity contribution in [2.24, 2.45) is 0 Å². The van der Waals surface area contributed by atoms with Crippen molar-refractivity contribution in [2.45, 2.75) is 59.9 Å². The van der Waals surface area contributed by atoms with Crippen LogP contribution in [0.15, 0.2) is 24.3 Å². The van der Waals surface area contributed by atoms with Gasteiger partial charge in [-0.15, -0.1) is 0 Å². The molecular formula is C14H28F3O3SiZr-. The average Bonchev–Trinajstić information content (AvgIpc) is 2.64. The zero-order valence-corrected chi connectivity index (χ0v) is 17.5. The number of halogens is 3. The Labute approximate surface area is 152 Å². The van der Waals surface area contributed by atoms with E-state index in [0.29, 0.717) is 0 Å². The third kappa shape index (κ3) is 42.7. The first kappa shape index (κ1) is 30.1. The van der Waals surface area contributed by atoms with Crippen LogP contribution < -0.4 is 5.19 Å². The van der Waals surface area contributed by atoms with Crippen molar-refractivity contribution in [2.75, 3.05) is 0 Å². The smallest absolute Gasteiger partial charge is 0.394 e. The van der Waals surface area contributed by atoms with Crippen LogP contribution in [0.1, 0.15) is 41.5 Å². The summed E-state index contributed by atoms with van der Waals surface area (Å²) < 4.78 is 35.3. The van der Waals surface area contributed by atoms with Gasteiger partial charge in [-0.25, -0.2) is 24.5 Å². The molecule has 3 nitrogen and oxygen atoms in total. The van der Waals surface area contributed by atoms with Crippen LogP contribution >= 0.6 is 0 Å². The summed E-state index contributed by atoms with van der Waals surface area (Å²) in [5.74, 6) is 0. The van der Waals surface area contributed by atoms with Gasteiger partial charge in [0, 0.05) is 44.5 Å². The topological polar surface area (TPSA) is 60.7 Å². The Morgan fingerprint density at radius 2 is 0.909 bits per heavy atom. The standard InChI is InChI=1S/C5H4F3Si.3C3H8O.Zr/c6-9(7,8)5-3-1-2-4-5;3*1-3(2)4;/h1-4H;3*3-4H,1-2H3;/q-1;;;;. The molecule has 1 aromatic carbocycles. The minimum Gasteiger partial charge on any atom is -0.394 e. The number of rotatable bonds is 1. The maximum atomic E-state index is 11.8. The first-order valence-corrected chi connectivity index (χ1v) is 8.27. The second-order valence-electron chi connectivity index (χ2n) is 4.95. The van der Waals surface area contributed by atoms with E-state index >= 15 is 0 Å². The number of aliphatic hydroxyl groups excluding tert-OH is 3. The summed E-state index contributed by atoms with van der Waals surface area (Å²) in [5.41, 5.74) is 0. The first-order valence-electron chi connectivity index (χ1n) is 6.63. The molecule has 0 aromatic heterocycles. The van der Waals surface area contributed by atoms with E-state index in [0.717, 1.165) is 12.1 Å². The molecule has 22 heavy (non-hydrogen) atoms. The summed E-state index contributed by atoms with van der Waals surface area (Å²) in [6, 6.07) is 5.00. The SMILES string of the molecule is CC(C)O.CC(C)O.CC(C)O.F[Si](F)(F)[c-]1cccc1.[Zr]. The van der Waals surface area contributed by atoms with E-state index in [2.05, 4.69) is 0 Å². The maximum Gasteiger partial charge on any atom is 0.584 e. The second-order valence-corrected chi connectivity index (χ2v) is 6.53. The van der Waals surface area contributed by atoms with Gasteiger partial charge in [0.05, 0.1) is 0 Å². The van der Waals surface area contributed by atoms with E-state index in [1.807, 2.05) is 0 Å². The van der Waals surface area contributed by atoms with Crippen LogP contribution in [0.25, 0.3) is 0 Å². The van der Waals surface area contributed by atoms with Crippen LogP contribution in [0.2, 0.25) is 0 Å². The van der Waals surface area contributed by atoms with Gasteiger partial charge in [0.25, 0.3) is 0 Å². The van der Waals surface area contributed by atoms with Gasteiger partial charge in [-0.1, -0.05) is 5.19 Å². The van der Waals surface area contributed by atoms with Crippen molar-refractivity contribution in [1.29, 1.82) is 0 Å². The van der Waals surface area contributed by atoms with E-state index in [4.69, 9.17) is 15.3 Å². The molecule has 0 saturated carbocycles. The fraction of sp³-hybridized carbons (Fsp3) is 0.643. The fourth-order valence-corrected chi connectivity index (χ4v) is 1.13. The van der Waals surface area contributed by atoms with Crippen molar-refractivity contribution >= 4 is 14.3 Å². The quantitative estimate of drug-likeness (QED) is 0.372. The van der Waals surface area contributed by atoms with Gasteiger partial charge >= 0.3 is 9.08 Å². The zero-order valence-electron chi connectivity index (χ0n) is 14.0. The Hall–Kier alpha value is 0.120. The molecule has 0 amide bonds. The monoisotopic (exact) mass is 419 g/mol. The molecule has 0 radical (unpaired) electrons. The molecule has 0 spiro atoms.